The van der Waals surface area contributed by atoms with Crippen LogP contribution in [-0.2, 0) is 17.8 Å². The van der Waals surface area contributed by atoms with Crippen LogP contribution in [0.4, 0.5) is 0 Å². The van der Waals surface area contributed by atoms with Crippen LogP contribution in [0.5, 0.6) is 11.6 Å². The van der Waals surface area contributed by atoms with Crippen LogP contribution in [-0.4, -0.2) is 23.1 Å². The molecule has 0 aliphatic heterocycles. The molecule has 0 spiro atoms. The predicted octanol–water partition coefficient (Wildman–Crippen LogP) is 2.04. The number of aromatic hydroxyl groups is 1. The van der Waals surface area contributed by atoms with Gasteiger partial charge in [-0.15, -0.1) is 0 Å². The van der Waals surface area contributed by atoms with E-state index in [4.69, 9.17) is 4.74 Å². The number of rotatable bonds is 6. The molecule has 0 saturated heterocycles. The van der Waals surface area contributed by atoms with Crippen molar-refractivity contribution >= 4 is 5.91 Å². The van der Waals surface area contributed by atoms with Crippen molar-refractivity contribution in [1.82, 2.24) is 10.3 Å². The maximum absolute atomic E-state index is 11.8. The summed E-state index contributed by atoms with van der Waals surface area (Å²) in [5.74, 6) is 0.728. The van der Waals surface area contributed by atoms with E-state index in [1.165, 1.54) is 0 Å². The topological polar surface area (TPSA) is 71.5 Å². The number of nitrogens with zero attached hydrogens (tertiary/aromatic N) is 1. The van der Waals surface area contributed by atoms with Gasteiger partial charge in [0.1, 0.15) is 5.75 Å². The van der Waals surface area contributed by atoms with Crippen LogP contribution in [0.25, 0.3) is 0 Å². The standard InChI is InChI=1S/C16H18N2O3/c1-21-16-4-2-3-13(18-16)11-17-15(20)10-7-12-5-8-14(19)9-6-12/h2-6,8-9,19H,7,10-11H2,1H3,(H,17,20). The Balaban J connectivity index is 1.78. The summed E-state index contributed by atoms with van der Waals surface area (Å²) in [5.41, 5.74) is 1.77. The molecule has 0 fully saturated rings. The number of aryl methyl sites for hydroxylation is 1. The Morgan fingerprint density at radius 1 is 1.24 bits per heavy atom. The van der Waals surface area contributed by atoms with Gasteiger partial charge in [0.2, 0.25) is 11.8 Å². The quantitative estimate of drug-likeness (QED) is 0.852. The molecular formula is C16H18N2O3. The fourth-order valence-electron chi connectivity index (χ4n) is 1.87. The summed E-state index contributed by atoms with van der Waals surface area (Å²) >= 11 is 0. The molecule has 1 aromatic heterocycles. The highest BCUT2D eigenvalue weighted by molar-refractivity contribution is 5.76. The van der Waals surface area contributed by atoms with Crippen LogP contribution < -0.4 is 10.1 Å². The number of phenolic OH excluding ortho intramolecular Hbond substituents is 1. The monoisotopic (exact) mass is 286 g/mol. The number of ether oxygens (including phenoxy) is 1. The van der Waals surface area contributed by atoms with E-state index in [-0.39, 0.29) is 11.7 Å². The number of phenols is 1. The van der Waals surface area contributed by atoms with Crippen LogP contribution in [0.3, 0.4) is 0 Å². The summed E-state index contributed by atoms with van der Waals surface area (Å²) in [4.78, 5) is 16.0. The van der Waals surface area contributed by atoms with Gasteiger partial charge in [-0.3, -0.25) is 4.79 Å². The molecule has 0 aliphatic carbocycles. The van der Waals surface area contributed by atoms with Gasteiger partial charge in [0, 0.05) is 12.5 Å². The van der Waals surface area contributed by atoms with Crippen molar-refractivity contribution < 1.29 is 14.6 Å². The molecule has 0 atom stereocenters. The van der Waals surface area contributed by atoms with Crippen LogP contribution in [0.1, 0.15) is 17.7 Å². The van der Waals surface area contributed by atoms with Crippen LogP contribution >= 0.6 is 0 Å². The summed E-state index contributed by atoms with van der Waals surface area (Å²) in [6.07, 6.45) is 1.03. The molecule has 2 N–H and O–H groups in total. The largest absolute Gasteiger partial charge is 0.508 e. The van der Waals surface area contributed by atoms with Gasteiger partial charge in [0.25, 0.3) is 0 Å². The third kappa shape index (κ3) is 4.80. The van der Waals surface area contributed by atoms with Gasteiger partial charge in [-0.2, -0.15) is 0 Å². The second-order valence-corrected chi connectivity index (χ2v) is 4.61. The van der Waals surface area contributed by atoms with E-state index >= 15 is 0 Å². The second kappa shape index (κ2) is 7.28. The van der Waals surface area contributed by atoms with Gasteiger partial charge in [-0.1, -0.05) is 18.2 Å². The lowest BCUT2D eigenvalue weighted by Crippen LogP contribution is -2.23. The van der Waals surface area contributed by atoms with E-state index in [2.05, 4.69) is 10.3 Å². The minimum atomic E-state index is -0.0345. The van der Waals surface area contributed by atoms with E-state index in [0.717, 1.165) is 11.3 Å². The Morgan fingerprint density at radius 2 is 2.00 bits per heavy atom. The number of hydrogen-bond donors (Lipinski definition) is 2. The Morgan fingerprint density at radius 3 is 2.71 bits per heavy atom. The molecular weight excluding hydrogens is 268 g/mol. The minimum absolute atomic E-state index is 0.0345. The van der Waals surface area contributed by atoms with Crippen molar-refractivity contribution in [3.05, 3.63) is 53.7 Å². The fraction of sp³-hybridized carbons (Fsp3) is 0.250. The first kappa shape index (κ1) is 14.8. The Kier molecular flexibility index (Phi) is 5.15. The number of pyridine rings is 1. The number of benzene rings is 1. The molecule has 0 unspecified atom stereocenters. The minimum Gasteiger partial charge on any atom is -0.508 e. The van der Waals surface area contributed by atoms with E-state index < -0.39 is 0 Å². The average Bonchev–Trinajstić information content (AvgIpc) is 2.52. The molecule has 5 nitrogen and oxygen atoms in total. The van der Waals surface area contributed by atoms with E-state index in [1.807, 2.05) is 24.3 Å². The van der Waals surface area contributed by atoms with Crippen molar-refractivity contribution in [2.45, 2.75) is 19.4 Å². The number of carbonyl (C=O) groups excluding carboxylic acids is 1. The summed E-state index contributed by atoms with van der Waals surface area (Å²) in [6.45, 7) is 0.381. The third-order valence-corrected chi connectivity index (χ3v) is 3.03. The normalized spacial score (nSPS) is 10.1. The first-order valence-corrected chi connectivity index (χ1v) is 6.72. The lowest BCUT2D eigenvalue weighted by Gasteiger charge is -2.06. The Labute approximate surface area is 123 Å². The summed E-state index contributed by atoms with van der Waals surface area (Å²) < 4.78 is 5.03. The average molecular weight is 286 g/mol. The van der Waals surface area contributed by atoms with Crippen molar-refractivity contribution in [2.24, 2.45) is 0 Å². The first-order chi connectivity index (χ1) is 10.2. The molecule has 5 heteroatoms. The van der Waals surface area contributed by atoms with Gasteiger partial charge in [-0.25, -0.2) is 4.98 Å². The van der Waals surface area contributed by atoms with Crippen molar-refractivity contribution in [3.8, 4) is 11.6 Å². The van der Waals surface area contributed by atoms with Gasteiger partial charge < -0.3 is 15.2 Å². The molecule has 2 rings (SSSR count). The van der Waals surface area contributed by atoms with E-state index in [9.17, 15) is 9.90 Å². The molecule has 1 aromatic carbocycles. The highest BCUT2D eigenvalue weighted by Crippen LogP contribution is 2.11. The summed E-state index contributed by atoms with van der Waals surface area (Å²) in [6, 6.07) is 12.3. The second-order valence-electron chi connectivity index (χ2n) is 4.61. The zero-order valence-electron chi connectivity index (χ0n) is 11.9. The molecule has 0 radical (unpaired) electrons. The van der Waals surface area contributed by atoms with Gasteiger partial charge in [0.05, 0.1) is 19.3 Å². The van der Waals surface area contributed by atoms with Gasteiger partial charge >= 0.3 is 0 Å². The number of aromatic nitrogens is 1. The maximum Gasteiger partial charge on any atom is 0.220 e. The molecule has 0 bridgehead atoms. The molecule has 2 aromatic rings. The van der Waals surface area contributed by atoms with E-state index in [1.54, 1.807) is 25.3 Å². The molecule has 0 aliphatic rings. The predicted molar refractivity (Wildman–Crippen MR) is 79.1 cm³/mol. The van der Waals surface area contributed by atoms with Gasteiger partial charge in [0.15, 0.2) is 0 Å². The number of amides is 1. The lowest BCUT2D eigenvalue weighted by atomic mass is 10.1. The van der Waals surface area contributed by atoms with Crippen molar-refractivity contribution in [3.63, 3.8) is 0 Å². The van der Waals surface area contributed by atoms with Crippen molar-refractivity contribution in [1.29, 1.82) is 0 Å². The summed E-state index contributed by atoms with van der Waals surface area (Å²) in [7, 11) is 1.56. The fourth-order valence-corrected chi connectivity index (χ4v) is 1.87. The van der Waals surface area contributed by atoms with E-state index in [0.29, 0.717) is 25.3 Å². The Hall–Kier alpha value is -2.56. The lowest BCUT2D eigenvalue weighted by molar-refractivity contribution is -0.121. The molecule has 1 amide bonds. The Bertz CT molecular complexity index is 597. The zero-order valence-corrected chi connectivity index (χ0v) is 11.9. The molecule has 21 heavy (non-hydrogen) atoms. The number of hydrogen-bond acceptors (Lipinski definition) is 4. The van der Waals surface area contributed by atoms with Crippen LogP contribution in [0, 0.1) is 0 Å². The number of nitrogens with one attached hydrogen (secondary N) is 1. The summed E-state index contributed by atoms with van der Waals surface area (Å²) in [5, 5.41) is 12.0. The first-order valence-electron chi connectivity index (χ1n) is 6.72. The zero-order chi connectivity index (χ0) is 15.1. The van der Waals surface area contributed by atoms with Crippen molar-refractivity contribution in [2.75, 3.05) is 7.11 Å². The molecule has 110 valence electrons. The number of carbonyl (C=O) groups is 1. The maximum atomic E-state index is 11.8. The molecule has 1 heterocycles. The van der Waals surface area contributed by atoms with Crippen LogP contribution in [0.2, 0.25) is 0 Å². The van der Waals surface area contributed by atoms with Gasteiger partial charge in [-0.05, 0) is 30.2 Å². The number of methoxy groups -OCH3 is 1. The molecule has 0 saturated carbocycles. The highest BCUT2D eigenvalue weighted by Gasteiger charge is 2.04. The van der Waals surface area contributed by atoms with Crippen LogP contribution in [0.15, 0.2) is 42.5 Å². The smallest absolute Gasteiger partial charge is 0.220 e. The highest BCUT2D eigenvalue weighted by atomic mass is 16.5. The SMILES string of the molecule is COc1cccc(CNC(=O)CCc2ccc(O)cc2)n1. The third-order valence-electron chi connectivity index (χ3n) is 3.03.